The van der Waals surface area contributed by atoms with Gasteiger partial charge in [0.1, 0.15) is 11.4 Å². The molecule has 31 heavy (non-hydrogen) atoms. The van der Waals surface area contributed by atoms with E-state index in [0.29, 0.717) is 22.7 Å². The number of aromatic nitrogens is 4. The van der Waals surface area contributed by atoms with Crippen LogP contribution in [0.5, 0.6) is 11.5 Å². The number of carbonyl (C=O) groups excluding carboxylic acids is 1. The van der Waals surface area contributed by atoms with Gasteiger partial charge in [-0.3, -0.25) is 4.79 Å². The number of imidazole rings is 1. The molecular formula is C22H17BrN4O4. The standard InChI is InChI=1S/C22H17BrN4O4/c1-2-30-22(29)15-3-7-17(8-4-15)27-21(28)20(31-18-9-5-16(23)6-10-18)19(13-25-27)26-12-11-24-14-26/h3-14H,2H2,1H3. The van der Waals surface area contributed by atoms with Crippen molar-refractivity contribution < 1.29 is 14.3 Å². The lowest BCUT2D eigenvalue weighted by Crippen LogP contribution is -2.24. The second kappa shape index (κ2) is 8.97. The van der Waals surface area contributed by atoms with Crippen LogP contribution in [0.1, 0.15) is 17.3 Å². The molecule has 4 aromatic rings. The summed E-state index contributed by atoms with van der Waals surface area (Å²) in [6.07, 6.45) is 6.38. The summed E-state index contributed by atoms with van der Waals surface area (Å²) in [5.41, 5.74) is 0.860. The average molecular weight is 481 g/mol. The van der Waals surface area contributed by atoms with Crippen LogP contribution < -0.4 is 10.3 Å². The van der Waals surface area contributed by atoms with Gasteiger partial charge in [0.2, 0.25) is 5.75 Å². The van der Waals surface area contributed by atoms with Gasteiger partial charge in [-0.25, -0.2) is 9.78 Å². The van der Waals surface area contributed by atoms with Crippen LogP contribution in [0.2, 0.25) is 0 Å². The minimum absolute atomic E-state index is 0.0878. The molecule has 0 aliphatic carbocycles. The molecule has 0 unspecified atom stereocenters. The van der Waals surface area contributed by atoms with Crippen LogP contribution >= 0.6 is 15.9 Å². The molecule has 156 valence electrons. The molecule has 0 amide bonds. The highest BCUT2D eigenvalue weighted by atomic mass is 79.9. The molecule has 0 saturated carbocycles. The number of rotatable bonds is 6. The quantitative estimate of drug-likeness (QED) is 0.385. The van der Waals surface area contributed by atoms with Gasteiger partial charge >= 0.3 is 11.5 Å². The molecule has 0 N–H and O–H groups in total. The topological polar surface area (TPSA) is 88.2 Å². The largest absolute Gasteiger partial charge is 0.462 e. The van der Waals surface area contributed by atoms with E-state index >= 15 is 0 Å². The molecule has 9 heteroatoms. The smallest absolute Gasteiger partial charge is 0.338 e. The first-order chi connectivity index (χ1) is 15.1. The van der Waals surface area contributed by atoms with Crippen molar-refractivity contribution >= 4 is 21.9 Å². The van der Waals surface area contributed by atoms with Crippen LogP contribution in [0.3, 0.4) is 0 Å². The number of halogens is 1. The Morgan fingerprint density at radius 1 is 1.10 bits per heavy atom. The first-order valence-electron chi connectivity index (χ1n) is 9.38. The van der Waals surface area contributed by atoms with Crippen molar-refractivity contribution in [1.82, 2.24) is 19.3 Å². The second-order valence-corrected chi connectivity index (χ2v) is 7.28. The number of benzene rings is 2. The maximum atomic E-state index is 13.3. The summed E-state index contributed by atoms with van der Waals surface area (Å²) in [7, 11) is 0. The summed E-state index contributed by atoms with van der Waals surface area (Å²) in [5, 5.41) is 4.28. The molecule has 2 aromatic carbocycles. The Bertz CT molecular complexity index is 1250. The predicted octanol–water partition coefficient (Wildman–Crippen LogP) is 4.15. The van der Waals surface area contributed by atoms with Gasteiger partial charge in [0.25, 0.3) is 0 Å². The molecule has 0 aliphatic heterocycles. The summed E-state index contributed by atoms with van der Waals surface area (Å²) in [6.45, 7) is 2.03. The minimum atomic E-state index is -0.460. The van der Waals surface area contributed by atoms with Crippen molar-refractivity contribution in [3.63, 3.8) is 0 Å². The number of ether oxygens (including phenoxy) is 2. The highest BCUT2D eigenvalue weighted by Gasteiger charge is 2.17. The lowest BCUT2D eigenvalue weighted by atomic mass is 10.2. The lowest BCUT2D eigenvalue weighted by molar-refractivity contribution is 0.0526. The highest BCUT2D eigenvalue weighted by molar-refractivity contribution is 9.10. The van der Waals surface area contributed by atoms with Crippen molar-refractivity contribution in [3.05, 3.63) is 93.8 Å². The molecule has 2 aromatic heterocycles. The number of hydrogen-bond acceptors (Lipinski definition) is 6. The summed E-state index contributed by atoms with van der Waals surface area (Å²) in [6, 6.07) is 13.6. The maximum Gasteiger partial charge on any atom is 0.338 e. The Kier molecular flexibility index (Phi) is 5.94. The summed E-state index contributed by atoms with van der Waals surface area (Å²) in [5.74, 6) is 0.158. The van der Waals surface area contributed by atoms with Crippen molar-refractivity contribution in [1.29, 1.82) is 0 Å². The van der Waals surface area contributed by atoms with Gasteiger partial charge in [-0.2, -0.15) is 9.78 Å². The fourth-order valence-corrected chi connectivity index (χ4v) is 3.13. The van der Waals surface area contributed by atoms with E-state index in [2.05, 4.69) is 26.0 Å². The first kappa shape index (κ1) is 20.5. The van der Waals surface area contributed by atoms with Crippen LogP contribution in [-0.4, -0.2) is 31.9 Å². The van der Waals surface area contributed by atoms with Gasteiger partial charge in [-0.05, 0) is 55.5 Å². The van der Waals surface area contributed by atoms with Crippen molar-refractivity contribution in [3.8, 4) is 22.9 Å². The summed E-state index contributed by atoms with van der Waals surface area (Å²) in [4.78, 5) is 29.2. The monoisotopic (exact) mass is 480 g/mol. The highest BCUT2D eigenvalue weighted by Crippen LogP contribution is 2.26. The predicted molar refractivity (Wildman–Crippen MR) is 117 cm³/mol. The van der Waals surface area contributed by atoms with E-state index in [-0.39, 0.29) is 12.4 Å². The molecule has 8 nitrogen and oxygen atoms in total. The third-order valence-electron chi connectivity index (χ3n) is 4.35. The molecule has 0 radical (unpaired) electrons. The summed E-state index contributed by atoms with van der Waals surface area (Å²) < 4.78 is 14.7. The van der Waals surface area contributed by atoms with E-state index < -0.39 is 11.5 Å². The fourth-order valence-electron chi connectivity index (χ4n) is 2.87. The zero-order valence-corrected chi connectivity index (χ0v) is 18.0. The normalized spacial score (nSPS) is 10.6. The lowest BCUT2D eigenvalue weighted by Gasteiger charge is -2.13. The number of carbonyl (C=O) groups is 1. The Labute approximate surface area is 185 Å². The Hall–Kier alpha value is -3.72. The maximum absolute atomic E-state index is 13.3. The molecular weight excluding hydrogens is 464 g/mol. The molecule has 4 rings (SSSR count). The van der Waals surface area contributed by atoms with Crippen LogP contribution in [0.25, 0.3) is 11.4 Å². The van der Waals surface area contributed by atoms with E-state index in [1.54, 1.807) is 66.6 Å². The van der Waals surface area contributed by atoms with Crippen LogP contribution in [0, 0.1) is 0 Å². The molecule has 0 bridgehead atoms. The minimum Gasteiger partial charge on any atom is -0.462 e. The Morgan fingerprint density at radius 2 is 1.84 bits per heavy atom. The second-order valence-electron chi connectivity index (χ2n) is 6.37. The molecule has 0 aliphatic rings. The number of nitrogens with zero attached hydrogens (tertiary/aromatic N) is 4. The van der Waals surface area contributed by atoms with Crippen molar-refractivity contribution in [2.24, 2.45) is 0 Å². The van der Waals surface area contributed by atoms with Gasteiger partial charge in [-0.15, -0.1) is 0 Å². The van der Waals surface area contributed by atoms with Gasteiger partial charge in [0.15, 0.2) is 0 Å². The van der Waals surface area contributed by atoms with E-state index in [1.165, 1.54) is 10.9 Å². The van der Waals surface area contributed by atoms with Crippen LogP contribution in [0.4, 0.5) is 0 Å². The van der Waals surface area contributed by atoms with E-state index in [0.717, 1.165) is 4.47 Å². The van der Waals surface area contributed by atoms with Crippen molar-refractivity contribution in [2.75, 3.05) is 6.61 Å². The molecule has 0 fully saturated rings. The SMILES string of the molecule is CCOC(=O)c1ccc(-n2ncc(-n3ccnc3)c(Oc3ccc(Br)cc3)c2=O)cc1. The van der Waals surface area contributed by atoms with Crippen LogP contribution in [0.15, 0.2) is 82.7 Å². The fraction of sp³-hybridized carbons (Fsp3) is 0.0909. The zero-order chi connectivity index (χ0) is 21.8. The van der Waals surface area contributed by atoms with Gasteiger partial charge in [-0.1, -0.05) is 15.9 Å². The Balaban J connectivity index is 1.77. The van der Waals surface area contributed by atoms with Gasteiger partial charge < -0.3 is 14.0 Å². The molecule has 0 saturated heterocycles. The van der Waals surface area contributed by atoms with Crippen LogP contribution in [-0.2, 0) is 4.74 Å². The third-order valence-corrected chi connectivity index (χ3v) is 4.88. The van der Waals surface area contributed by atoms with E-state index in [9.17, 15) is 9.59 Å². The Morgan fingerprint density at radius 3 is 2.48 bits per heavy atom. The van der Waals surface area contributed by atoms with Crippen molar-refractivity contribution in [2.45, 2.75) is 6.92 Å². The number of hydrogen-bond donors (Lipinski definition) is 0. The molecule has 0 atom stereocenters. The third kappa shape index (κ3) is 4.41. The van der Waals surface area contributed by atoms with E-state index in [4.69, 9.17) is 9.47 Å². The van der Waals surface area contributed by atoms with Gasteiger partial charge in [0, 0.05) is 16.9 Å². The summed E-state index contributed by atoms with van der Waals surface area (Å²) >= 11 is 3.38. The first-order valence-corrected chi connectivity index (χ1v) is 10.2. The zero-order valence-electron chi connectivity index (χ0n) is 16.4. The van der Waals surface area contributed by atoms with E-state index in [1.807, 2.05) is 12.1 Å². The van der Waals surface area contributed by atoms with Gasteiger partial charge in [0.05, 0.1) is 30.4 Å². The number of esters is 1. The molecule has 0 spiro atoms. The average Bonchev–Trinajstić information content (AvgIpc) is 3.31. The molecule has 2 heterocycles.